The van der Waals surface area contributed by atoms with Gasteiger partial charge in [-0.2, -0.15) is 0 Å². The van der Waals surface area contributed by atoms with Gasteiger partial charge in [0.2, 0.25) is 5.91 Å². The molecule has 0 spiro atoms. The van der Waals surface area contributed by atoms with Crippen molar-refractivity contribution in [2.45, 2.75) is 32.7 Å². The molecule has 6 heteroatoms. The number of carbonyl (C=O) groups excluding carboxylic acids is 2. The number of nitrogens with one attached hydrogen (secondary N) is 1. The van der Waals surface area contributed by atoms with E-state index in [0.29, 0.717) is 18.7 Å². The predicted molar refractivity (Wildman–Crippen MR) is 103 cm³/mol. The molecule has 2 amide bonds. The smallest absolute Gasteiger partial charge is 0.251 e. The average molecular weight is 372 g/mol. The normalized spacial score (nSPS) is 16.1. The first-order chi connectivity index (χ1) is 12.6. The molecule has 2 heterocycles. The molecule has 0 aliphatic carbocycles. The Bertz CT molecular complexity index is 770. The van der Waals surface area contributed by atoms with Gasteiger partial charge in [-0.25, -0.2) is 0 Å². The molecule has 0 saturated heterocycles. The molecule has 1 unspecified atom stereocenters. The third kappa shape index (κ3) is 3.90. The van der Waals surface area contributed by atoms with Gasteiger partial charge in [0.1, 0.15) is 5.75 Å². The van der Waals surface area contributed by atoms with Crippen molar-refractivity contribution in [1.82, 2.24) is 10.2 Å². The first-order valence-corrected chi connectivity index (χ1v) is 9.88. The molecule has 1 N–H and O–H groups in total. The Balaban J connectivity index is 1.59. The summed E-state index contributed by atoms with van der Waals surface area (Å²) in [6.07, 6.45) is 1.77. The highest BCUT2D eigenvalue weighted by Crippen LogP contribution is 2.35. The van der Waals surface area contributed by atoms with Gasteiger partial charge in [0.15, 0.2) is 0 Å². The zero-order chi connectivity index (χ0) is 18.5. The van der Waals surface area contributed by atoms with Crippen LogP contribution in [-0.2, 0) is 11.2 Å². The number of ether oxygens (including phenoxy) is 1. The van der Waals surface area contributed by atoms with E-state index < -0.39 is 0 Å². The fourth-order valence-electron chi connectivity index (χ4n) is 3.36. The van der Waals surface area contributed by atoms with Gasteiger partial charge in [-0.3, -0.25) is 9.59 Å². The van der Waals surface area contributed by atoms with E-state index in [1.807, 2.05) is 11.8 Å². The molecular formula is C20H24N2O3S. The van der Waals surface area contributed by atoms with Crippen LogP contribution in [0.4, 0.5) is 0 Å². The van der Waals surface area contributed by atoms with Crippen LogP contribution in [0.1, 0.15) is 47.1 Å². The summed E-state index contributed by atoms with van der Waals surface area (Å²) in [4.78, 5) is 28.2. The largest absolute Gasteiger partial charge is 0.494 e. The maximum atomic E-state index is 12.7. The molecule has 1 aliphatic heterocycles. The van der Waals surface area contributed by atoms with Gasteiger partial charge in [-0.05, 0) is 61.0 Å². The van der Waals surface area contributed by atoms with Crippen molar-refractivity contribution in [2.75, 3.05) is 19.7 Å². The molecule has 5 nitrogen and oxygen atoms in total. The molecule has 0 fully saturated rings. The van der Waals surface area contributed by atoms with Crippen LogP contribution >= 0.6 is 11.3 Å². The Labute approximate surface area is 158 Å². The van der Waals surface area contributed by atoms with Crippen LogP contribution in [0.15, 0.2) is 35.7 Å². The summed E-state index contributed by atoms with van der Waals surface area (Å²) in [5.74, 6) is 0.446. The number of hydrogen-bond donors (Lipinski definition) is 1. The van der Waals surface area contributed by atoms with E-state index in [-0.39, 0.29) is 24.4 Å². The van der Waals surface area contributed by atoms with Gasteiger partial charge >= 0.3 is 0 Å². The fourth-order valence-corrected chi connectivity index (χ4v) is 4.29. The van der Waals surface area contributed by atoms with E-state index in [1.54, 1.807) is 35.6 Å². The van der Waals surface area contributed by atoms with Crippen molar-refractivity contribution < 1.29 is 14.3 Å². The Hall–Kier alpha value is -2.34. The lowest BCUT2D eigenvalue weighted by Crippen LogP contribution is -2.44. The number of thiophene rings is 1. The van der Waals surface area contributed by atoms with Crippen molar-refractivity contribution in [2.24, 2.45) is 0 Å². The highest BCUT2D eigenvalue weighted by molar-refractivity contribution is 7.10. The summed E-state index contributed by atoms with van der Waals surface area (Å²) < 4.78 is 5.37. The van der Waals surface area contributed by atoms with Crippen molar-refractivity contribution in [3.05, 3.63) is 51.7 Å². The van der Waals surface area contributed by atoms with E-state index in [2.05, 4.69) is 23.7 Å². The third-order valence-corrected chi connectivity index (χ3v) is 5.63. The lowest BCUT2D eigenvalue weighted by molar-refractivity contribution is -0.133. The van der Waals surface area contributed by atoms with Crippen molar-refractivity contribution in [3.8, 4) is 5.75 Å². The lowest BCUT2D eigenvalue weighted by Gasteiger charge is -2.35. The number of carbonyl (C=O) groups is 2. The number of hydrogen-bond acceptors (Lipinski definition) is 4. The molecular weight excluding hydrogens is 348 g/mol. The summed E-state index contributed by atoms with van der Waals surface area (Å²) in [6, 6.07) is 9.16. The minimum absolute atomic E-state index is 0.0159. The second kappa shape index (κ2) is 8.36. The summed E-state index contributed by atoms with van der Waals surface area (Å²) >= 11 is 1.76. The molecule has 2 aromatic rings. The number of benzene rings is 1. The molecule has 0 saturated carbocycles. The summed E-state index contributed by atoms with van der Waals surface area (Å²) in [5.41, 5.74) is 1.78. The van der Waals surface area contributed by atoms with Crippen LogP contribution in [0, 0.1) is 0 Å². The second-order valence-electron chi connectivity index (χ2n) is 6.20. The second-order valence-corrected chi connectivity index (χ2v) is 7.20. The SMILES string of the molecule is CCOc1ccc(C(=O)NCC(=O)N2CCc3sccc3C2CC)cc1. The summed E-state index contributed by atoms with van der Waals surface area (Å²) in [5, 5.41) is 4.83. The average Bonchev–Trinajstić information content (AvgIpc) is 3.14. The number of nitrogens with zero attached hydrogens (tertiary/aromatic N) is 1. The molecule has 1 aromatic carbocycles. The minimum atomic E-state index is -0.248. The minimum Gasteiger partial charge on any atom is -0.494 e. The zero-order valence-electron chi connectivity index (χ0n) is 15.2. The Morgan fingerprint density at radius 3 is 2.69 bits per heavy atom. The highest BCUT2D eigenvalue weighted by atomic mass is 32.1. The maximum Gasteiger partial charge on any atom is 0.251 e. The van der Waals surface area contributed by atoms with Gasteiger partial charge < -0.3 is 15.0 Å². The molecule has 1 atom stereocenters. The highest BCUT2D eigenvalue weighted by Gasteiger charge is 2.30. The van der Waals surface area contributed by atoms with Crippen LogP contribution in [0.5, 0.6) is 5.75 Å². The van der Waals surface area contributed by atoms with E-state index in [4.69, 9.17) is 4.74 Å². The molecule has 0 bridgehead atoms. The summed E-state index contributed by atoms with van der Waals surface area (Å²) in [6.45, 7) is 5.32. The van der Waals surface area contributed by atoms with Gasteiger partial charge in [-0.15, -0.1) is 11.3 Å². The molecule has 26 heavy (non-hydrogen) atoms. The molecule has 0 radical (unpaired) electrons. The van der Waals surface area contributed by atoms with Crippen LogP contribution in [-0.4, -0.2) is 36.4 Å². The predicted octanol–water partition coefficient (Wildman–Crippen LogP) is 3.41. The Kier molecular flexibility index (Phi) is 5.93. The van der Waals surface area contributed by atoms with Gasteiger partial charge in [0.25, 0.3) is 5.91 Å². The quantitative estimate of drug-likeness (QED) is 0.845. The molecule has 1 aromatic heterocycles. The molecule has 1 aliphatic rings. The number of fused-ring (bicyclic) bond motifs is 1. The van der Waals surface area contributed by atoms with Crippen LogP contribution < -0.4 is 10.1 Å². The fraction of sp³-hybridized carbons (Fsp3) is 0.400. The van der Waals surface area contributed by atoms with Crippen molar-refractivity contribution in [1.29, 1.82) is 0 Å². The van der Waals surface area contributed by atoms with E-state index in [9.17, 15) is 9.59 Å². The molecule has 3 rings (SSSR count). The third-order valence-electron chi connectivity index (χ3n) is 4.63. The van der Waals surface area contributed by atoms with Crippen LogP contribution in [0.25, 0.3) is 0 Å². The lowest BCUT2D eigenvalue weighted by atomic mass is 9.98. The molecule has 138 valence electrons. The Morgan fingerprint density at radius 1 is 1.23 bits per heavy atom. The topological polar surface area (TPSA) is 58.6 Å². The maximum absolute atomic E-state index is 12.7. The standard InChI is InChI=1S/C20H24N2O3S/c1-3-17-16-10-12-26-18(16)9-11-22(17)19(23)13-21-20(24)14-5-7-15(8-6-14)25-4-2/h5-8,10,12,17H,3-4,9,11,13H2,1-2H3,(H,21,24). The Morgan fingerprint density at radius 2 is 2.00 bits per heavy atom. The van der Waals surface area contributed by atoms with Crippen molar-refractivity contribution in [3.63, 3.8) is 0 Å². The van der Waals surface area contributed by atoms with Gasteiger partial charge in [0.05, 0.1) is 19.2 Å². The monoisotopic (exact) mass is 372 g/mol. The first-order valence-electron chi connectivity index (χ1n) is 9.00. The van der Waals surface area contributed by atoms with Crippen LogP contribution in [0.2, 0.25) is 0 Å². The zero-order valence-corrected chi connectivity index (χ0v) is 16.0. The van der Waals surface area contributed by atoms with E-state index in [0.717, 1.165) is 18.6 Å². The van der Waals surface area contributed by atoms with E-state index in [1.165, 1.54) is 10.4 Å². The first kappa shape index (κ1) is 18.5. The number of amides is 2. The van der Waals surface area contributed by atoms with Crippen LogP contribution in [0.3, 0.4) is 0 Å². The van der Waals surface area contributed by atoms with Gasteiger partial charge in [-0.1, -0.05) is 6.92 Å². The number of rotatable bonds is 6. The van der Waals surface area contributed by atoms with E-state index >= 15 is 0 Å². The summed E-state index contributed by atoms with van der Waals surface area (Å²) in [7, 11) is 0. The van der Waals surface area contributed by atoms with Crippen molar-refractivity contribution >= 4 is 23.2 Å². The van der Waals surface area contributed by atoms with Gasteiger partial charge in [0, 0.05) is 17.0 Å².